The van der Waals surface area contributed by atoms with Crippen molar-refractivity contribution in [2.45, 2.75) is 13.3 Å². The summed E-state index contributed by atoms with van der Waals surface area (Å²) in [5.41, 5.74) is 2.77. The van der Waals surface area contributed by atoms with E-state index in [4.69, 9.17) is 16.3 Å². The number of imide groups is 2. The molecule has 4 rings (SSSR count). The van der Waals surface area contributed by atoms with Gasteiger partial charge >= 0.3 is 6.03 Å². The van der Waals surface area contributed by atoms with Gasteiger partial charge in [-0.15, -0.1) is 0 Å². The van der Waals surface area contributed by atoms with Crippen LogP contribution in [0.3, 0.4) is 0 Å². The molecule has 0 bridgehead atoms. The summed E-state index contributed by atoms with van der Waals surface area (Å²) in [4.78, 5) is 38.9. The second-order valence-electron chi connectivity index (χ2n) is 7.51. The molecule has 0 aromatic heterocycles. The molecule has 1 fully saturated rings. The third-order valence-corrected chi connectivity index (χ3v) is 6.22. The van der Waals surface area contributed by atoms with Crippen molar-refractivity contribution in [3.63, 3.8) is 0 Å². The van der Waals surface area contributed by atoms with Gasteiger partial charge < -0.3 is 4.74 Å². The van der Waals surface area contributed by atoms with Crippen LogP contribution in [0.25, 0.3) is 6.08 Å². The summed E-state index contributed by atoms with van der Waals surface area (Å²) in [6.07, 6.45) is 2.09. The Bertz CT molecular complexity index is 1320. The van der Waals surface area contributed by atoms with Crippen molar-refractivity contribution in [1.82, 2.24) is 5.32 Å². The van der Waals surface area contributed by atoms with Crippen molar-refractivity contribution in [1.29, 1.82) is 0 Å². The summed E-state index contributed by atoms with van der Waals surface area (Å²) in [6.45, 7) is 2.35. The Morgan fingerprint density at radius 2 is 1.79 bits per heavy atom. The van der Waals surface area contributed by atoms with Gasteiger partial charge in [0.25, 0.3) is 11.8 Å². The third-order valence-electron chi connectivity index (χ3n) is 5.21. The number of nitrogens with zero attached hydrogens (tertiary/aromatic N) is 1. The number of anilines is 1. The molecule has 172 valence electrons. The summed E-state index contributed by atoms with van der Waals surface area (Å²) < 4.78 is 6.84. The molecule has 1 heterocycles. The summed E-state index contributed by atoms with van der Waals surface area (Å²) in [7, 11) is 0. The lowest BCUT2D eigenvalue weighted by Crippen LogP contribution is -2.54. The molecule has 0 atom stereocenters. The maximum absolute atomic E-state index is 13.1. The van der Waals surface area contributed by atoms with Gasteiger partial charge in [-0.05, 0) is 60.0 Å². The van der Waals surface area contributed by atoms with Crippen LogP contribution in [0.5, 0.6) is 5.75 Å². The molecule has 6 nitrogen and oxygen atoms in total. The van der Waals surface area contributed by atoms with Gasteiger partial charge in [0.15, 0.2) is 0 Å². The van der Waals surface area contributed by atoms with Crippen molar-refractivity contribution in [2.24, 2.45) is 0 Å². The van der Waals surface area contributed by atoms with Crippen LogP contribution < -0.4 is 15.0 Å². The minimum atomic E-state index is -0.826. The van der Waals surface area contributed by atoms with Crippen LogP contribution in [0, 0.1) is 0 Å². The average Bonchev–Trinajstić information content (AvgIpc) is 2.80. The molecule has 1 N–H and O–H groups in total. The van der Waals surface area contributed by atoms with Crippen LogP contribution in [-0.4, -0.2) is 24.5 Å². The molecule has 0 spiro atoms. The predicted octanol–water partition coefficient (Wildman–Crippen LogP) is 5.76. The van der Waals surface area contributed by atoms with E-state index in [9.17, 15) is 14.4 Å². The van der Waals surface area contributed by atoms with Gasteiger partial charge in [0.1, 0.15) is 11.3 Å². The van der Waals surface area contributed by atoms with E-state index in [1.54, 1.807) is 24.3 Å². The first-order valence-corrected chi connectivity index (χ1v) is 11.7. The first-order valence-electron chi connectivity index (χ1n) is 10.5. The second kappa shape index (κ2) is 10.2. The maximum atomic E-state index is 13.1. The quantitative estimate of drug-likeness (QED) is 0.319. The van der Waals surface area contributed by atoms with E-state index < -0.39 is 17.8 Å². The Morgan fingerprint density at radius 1 is 1.00 bits per heavy atom. The molecule has 4 amide bonds. The van der Waals surface area contributed by atoms with E-state index in [0.717, 1.165) is 20.5 Å². The minimum absolute atomic E-state index is 0.166. The molecule has 3 aromatic carbocycles. The number of rotatable bonds is 6. The van der Waals surface area contributed by atoms with E-state index in [2.05, 4.69) is 21.2 Å². The highest BCUT2D eigenvalue weighted by Gasteiger charge is 2.36. The van der Waals surface area contributed by atoms with Gasteiger partial charge in [-0.25, -0.2) is 9.69 Å². The lowest BCUT2D eigenvalue weighted by molar-refractivity contribution is -0.122. The fourth-order valence-electron chi connectivity index (χ4n) is 3.62. The van der Waals surface area contributed by atoms with Crippen LogP contribution >= 0.6 is 27.5 Å². The third kappa shape index (κ3) is 5.05. The fourth-order valence-corrected chi connectivity index (χ4v) is 4.23. The normalized spacial score (nSPS) is 15.0. The average molecular weight is 540 g/mol. The van der Waals surface area contributed by atoms with E-state index in [1.165, 1.54) is 12.1 Å². The van der Waals surface area contributed by atoms with Crippen molar-refractivity contribution < 1.29 is 19.1 Å². The van der Waals surface area contributed by atoms with Gasteiger partial charge in [0.05, 0.1) is 12.3 Å². The van der Waals surface area contributed by atoms with E-state index in [-0.39, 0.29) is 11.3 Å². The van der Waals surface area contributed by atoms with Gasteiger partial charge in [0, 0.05) is 15.9 Å². The molecule has 8 heteroatoms. The lowest BCUT2D eigenvalue weighted by atomic mass is 10.0. The summed E-state index contributed by atoms with van der Waals surface area (Å²) >= 11 is 9.59. The summed E-state index contributed by atoms with van der Waals surface area (Å²) in [6, 6.07) is 18.9. The van der Waals surface area contributed by atoms with Crippen LogP contribution in [0.1, 0.15) is 23.6 Å². The minimum Gasteiger partial charge on any atom is -0.494 e. The Labute approximate surface area is 210 Å². The van der Waals surface area contributed by atoms with Gasteiger partial charge in [-0.1, -0.05) is 63.9 Å². The van der Waals surface area contributed by atoms with Crippen LogP contribution in [0.2, 0.25) is 5.02 Å². The molecule has 34 heavy (non-hydrogen) atoms. The first kappa shape index (κ1) is 23.7. The Balaban J connectivity index is 1.68. The highest BCUT2D eigenvalue weighted by Crippen LogP contribution is 2.29. The number of carbonyl (C=O) groups is 3. The SMILES string of the molecule is CCOc1cc(/C=C2\C(=O)NC(=O)N(c3cccc(Cl)c3)C2=O)ccc1Cc1ccccc1Br. The number of barbiturate groups is 1. The fraction of sp³-hybridized carbons (Fsp3) is 0.115. The highest BCUT2D eigenvalue weighted by atomic mass is 79.9. The number of hydrogen-bond acceptors (Lipinski definition) is 4. The Hall–Kier alpha value is -3.42. The van der Waals surface area contributed by atoms with E-state index in [1.807, 2.05) is 43.3 Å². The number of halogens is 2. The molecule has 0 radical (unpaired) electrons. The predicted molar refractivity (Wildman–Crippen MR) is 135 cm³/mol. The summed E-state index contributed by atoms with van der Waals surface area (Å²) in [5.74, 6) is -0.839. The maximum Gasteiger partial charge on any atom is 0.335 e. The molecule has 0 aliphatic carbocycles. The number of hydrogen-bond donors (Lipinski definition) is 1. The molecule has 1 saturated heterocycles. The van der Waals surface area contributed by atoms with Crippen LogP contribution in [0.15, 0.2) is 76.8 Å². The molecule has 1 aliphatic rings. The Kier molecular flexibility index (Phi) is 7.14. The van der Waals surface area contributed by atoms with Gasteiger partial charge in [0.2, 0.25) is 0 Å². The number of ether oxygens (including phenoxy) is 1. The number of amides is 4. The van der Waals surface area contributed by atoms with E-state index >= 15 is 0 Å². The van der Waals surface area contributed by atoms with E-state index in [0.29, 0.717) is 29.4 Å². The van der Waals surface area contributed by atoms with Crippen molar-refractivity contribution in [3.8, 4) is 5.75 Å². The largest absolute Gasteiger partial charge is 0.494 e. The summed E-state index contributed by atoms with van der Waals surface area (Å²) in [5, 5.41) is 2.58. The zero-order valence-electron chi connectivity index (χ0n) is 18.2. The number of nitrogens with one attached hydrogen (secondary N) is 1. The molecule has 0 unspecified atom stereocenters. The van der Waals surface area contributed by atoms with Crippen LogP contribution in [-0.2, 0) is 16.0 Å². The standard InChI is InChI=1S/C26H20BrClN2O4/c1-2-34-23-13-16(10-11-18(23)14-17-6-3-4-9-22(17)27)12-21-24(31)29-26(33)30(25(21)32)20-8-5-7-19(28)15-20/h3-13,15H,2,14H2,1H3,(H,29,31,33)/b21-12+. The monoisotopic (exact) mass is 538 g/mol. The topological polar surface area (TPSA) is 75.7 Å². The van der Waals surface area contributed by atoms with Gasteiger partial charge in [-0.3, -0.25) is 14.9 Å². The van der Waals surface area contributed by atoms with Gasteiger partial charge in [-0.2, -0.15) is 0 Å². The molecular formula is C26H20BrClN2O4. The number of benzene rings is 3. The second-order valence-corrected chi connectivity index (χ2v) is 8.80. The lowest BCUT2D eigenvalue weighted by Gasteiger charge is -2.26. The number of carbonyl (C=O) groups excluding carboxylic acids is 3. The van der Waals surface area contributed by atoms with Crippen molar-refractivity contribution in [3.05, 3.63) is 98.5 Å². The highest BCUT2D eigenvalue weighted by molar-refractivity contribution is 9.10. The smallest absolute Gasteiger partial charge is 0.335 e. The van der Waals surface area contributed by atoms with Crippen molar-refractivity contribution >= 4 is 57.1 Å². The number of urea groups is 1. The van der Waals surface area contributed by atoms with Crippen molar-refractivity contribution in [2.75, 3.05) is 11.5 Å². The zero-order valence-corrected chi connectivity index (χ0v) is 20.5. The molecule has 3 aromatic rings. The molecule has 0 saturated carbocycles. The molecule has 1 aliphatic heterocycles. The Morgan fingerprint density at radius 3 is 2.53 bits per heavy atom. The zero-order chi connectivity index (χ0) is 24.2. The first-order chi connectivity index (χ1) is 16.4. The molecular weight excluding hydrogens is 520 g/mol. The van der Waals surface area contributed by atoms with Crippen LogP contribution in [0.4, 0.5) is 10.5 Å².